The zero-order valence-electron chi connectivity index (χ0n) is 14.3. The Kier molecular flexibility index (Phi) is 10.8. The molecular weight excluding hydrogens is 272 g/mol. The van der Waals surface area contributed by atoms with Crippen molar-refractivity contribution in [2.24, 2.45) is 5.41 Å². The van der Waals surface area contributed by atoms with Crippen molar-refractivity contribution >= 4 is 8.80 Å². The van der Waals surface area contributed by atoms with Crippen molar-refractivity contribution in [1.29, 1.82) is 0 Å². The summed E-state index contributed by atoms with van der Waals surface area (Å²) in [6, 6.07) is 0. The normalized spacial score (nSPS) is 12.9. The molecule has 0 aliphatic carbocycles. The monoisotopic (exact) mass is 306 g/mol. The zero-order valence-corrected chi connectivity index (χ0v) is 15.3. The Morgan fingerprint density at radius 3 is 1.45 bits per heavy atom. The van der Waals surface area contributed by atoms with Crippen LogP contribution in [-0.4, -0.2) is 41.5 Å². The number of hydrogen-bond acceptors (Lipinski definition) is 4. The Morgan fingerprint density at radius 2 is 1.15 bits per heavy atom. The van der Waals surface area contributed by atoms with Gasteiger partial charge >= 0.3 is 8.80 Å². The largest absolute Gasteiger partial charge is 0.528 e. The number of ether oxygens (including phenoxy) is 1. The van der Waals surface area contributed by atoms with Crippen LogP contribution in [0.5, 0.6) is 0 Å². The lowest BCUT2D eigenvalue weighted by Gasteiger charge is -2.30. The minimum atomic E-state index is -2.68. The molecular formula is C15H34O4Si. The molecule has 0 fully saturated rings. The average Bonchev–Trinajstić information content (AvgIpc) is 2.38. The van der Waals surface area contributed by atoms with Gasteiger partial charge in [-0.2, -0.15) is 0 Å². The van der Waals surface area contributed by atoms with E-state index in [2.05, 4.69) is 41.5 Å². The molecule has 122 valence electrons. The molecule has 0 spiro atoms. The minimum absolute atomic E-state index is 0.139. The van der Waals surface area contributed by atoms with Crippen molar-refractivity contribution in [3.8, 4) is 0 Å². The fraction of sp³-hybridized carbons (Fsp3) is 1.00. The van der Waals surface area contributed by atoms with E-state index in [0.29, 0.717) is 32.7 Å². The van der Waals surface area contributed by atoms with Crippen LogP contribution in [0.3, 0.4) is 0 Å². The predicted molar refractivity (Wildman–Crippen MR) is 84.8 cm³/mol. The molecule has 0 saturated heterocycles. The molecule has 20 heavy (non-hydrogen) atoms. The summed E-state index contributed by atoms with van der Waals surface area (Å²) >= 11 is 0. The van der Waals surface area contributed by atoms with Crippen molar-refractivity contribution in [2.45, 2.75) is 60.8 Å². The van der Waals surface area contributed by atoms with Gasteiger partial charge in [0.1, 0.15) is 6.23 Å². The minimum Gasteiger partial charge on any atom is -0.376 e. The second-order valence-electron chi connectivity index (χ2n) is 6.28. The standard InChI is InChI=1S/C15H34O4Si/c1-7-10-17-20(18-11-8-2,19-12-9-3)14-16-13-15(4,5)6/h7-14H2,1-6H3. The van der Waals surface area contributed by atoms with Gasteiger partial charge in [-0.25, -0.2) is 0 Å². The first-order chi connectivity index (χ1) is 9.39. The summed E-state index contributed by atoms with van der Waals surface area (Å²) in [6.45, 7) is 15.4. The van der Waals surface area contributed by atoms with Crippen LogP contribution in [0.1, 0.15) is 60.8 Å². The topological polar surface area (TPSA) is 36.9 Å². The Hall–Kier alpha value is 0.0569. The van der Waals surface area contributed by atoms with E-state index < -0.39 is 8.80 Å². The van der Waals surface area contributed by atoms with Gasteiger partial charge in [-0.1, -0.05) is 41.5 Å². The quantitative estimate of drug-likeness (QED) is 0.514. The lowest BCUT2D eigenvalue weighted by Crippen LogP contribution is -2.51. The van der Waals surface area contributed by atoms with Gasteiger partial charge in [0.25, 0.3) is 0 Å². The highest BCUT2D eigenvalue weighted by molar-refractivity contribution is 6.60. The van der Waals surface area contributed by atoms with E-state index in [9.17, 15) is 0 Å². The summed E-state index contributed by atoms with van der Waals surface area (Å²) in [5, 5.41) is 0. The molecule has 4 nitrogen and oxygen atoms in total. The second kappa shape index (κ2) is 10.7. The van der Waals surface area contributed by atoms with Crippen LogP contribution in [0.15, 0.2) is 0 Å². The van der Waals surface area contributed by atoms with Crippen molar-refractivity contribution in [2.75, 3.05) is 32.7 Å². The second-order valence-corrected chi connectivity index (χ2v) is 8.80. The summed E-state index contributed by atoms with van der Waals surface area (Å²) in [7, 11) is -2.68. The first kappa shape index (κ1) is 20.1. The highest BCUT2D eigenvalue weighted by atomic mass is 28.4. The lowest BCUT2D eigenvalue weighted by atomic mass is 9.99. The summed E-state index contributed by atoms with van der Waals surface area (Å²) in [6.07, 6.45) is 3.32. The van der Waals surface area contributed by atoms with Crippen molar-refractivity contribution in [3.05, 3.63) is 0 Å². The molecule has 0 aliphatic heterocycles. The molecule has 0 bridgehead atoms. The van der Waals surface area contributed by atoms with Gasteiger partial charge < -0.3 is 18.0 Å². The SMILES string of the molecule is CCCO[Si](COCC(C)(C)C)(OCCC)OCCC. The van der Waals surface area contributed by atoms with Crippen LogP contribution in [0.4, 0.5) is 0 Å². The van der Waals surface area contributed by atoms with Crippen LogP contribution in [0.25, 0.3) is 0 Å². The van der Waals surface area contributed by atoms with E-state index in [1.807, 2.05) is 0 Å². The van der Waals surface area contributed by atoms with Gasteiger partial charge in [0.2, 0.25) is 0 Å². The van der Waals surface area contributed by atoms with Crippen LogP contribution < -0.4 is 0 Å². The Morgan fingerprint density at radius 1 is 0.750 bits per heavy atom. The third kappa shape index (κ3) is 9.88. The Bertz CT molecular complexity index is 207. The number of rotatable bonds is 12. The Labute approximate surface area is 126 Å². The molecule has 0 saturated carbocycles. The van der Waals surface area contributed by atoms with Crippen molar-refractivity contribution < 1.29 is 18.0 Å². The fourth-order valence-electron chi connectivity index (χ4n) is 1.50. The summed E-state index contributed by atoms with van der Waals surface area (Å²) in [5.74, 6) is 0. The van der Waals surface area contributed by atoms with Crippen molar-refractivity contribution in [3.63, 3.8) is 0 Å². The maximum Gasteiger partial charge on any atom is 0.528 e. The Balaban J connectivity index is 4.57. The highest BCUT2D eigenvalue weighted by Gasteiger charge is 2.42. The fourth-order valence-corrected chi connectivity index (χ4v) is 3.90. The molecule has 0 atom stereocenters. The average molecular weight is 307 g/mol. The maximum absolute atomic E-state index is 5.97. The molecule has 0 amide bonds. The zero-order chi connectivity index (χ0) is 15.5. The van der Waals surface area contributed by atoms with E-state index in [4.69, 9.17) is 18.0 Å². The summed E-state index contributed by atoms with van der Waals surface area (Å²) in [4.78, 5) is 0. The van der Waals surface area contributed by atoms with Crippen molar-refractivity contribution in [1.82, 2.24) is 0 Å². The van der Waals surface area contributed by atoms with E-state index in [0.717, 1.165) is 19.3 Å². The van der Waals surface area contributed by atoms with Gasteiger partial charge in [0.15, 0.2) is 0 Å². The van der Waals surface area contributed by atoms with Gasteiger partial charge in [-0.15, -0.1) is 0 Å². The van der Waals surface area contributed by atoms with E-state index in [1.54, 1.807) is 0 Å². The molecule has 0 aromatic rings. The molecule has 0 heterocycles. The smallest absolute Gasteiger partial charge is 0.376 e. The molecule has 0 aliphatic rings. The summed E-state index contributed by atoms with van der Waals surface area (Å²) in [5.41, 5.74) is 0.139. The molecule has 5 heteroatoms. The van der Waals surface area contributed by atoms with Crippen LogP contribution in [0, 0.1) is 5.41 Å². The predicted octanol–water partition coefficient (Wildman–Crippen LogP) is 3.81. The van der Waals surface area contributed by atoms with Gasteiger partial charge in [0, 0.05) is 19.8 Å². The van der Waals surface area contributed by atoms with Crippen LogP contribution in [-0.2, 0) is 18.0 Å². The van der Waals surface area contributed by atoms with Gasteiger partial charge in [-0.05, 0) is 24.7 Å². The summed E-state index contributed by atoms with van der Waals surface area (Å²) < 4.78 is 23.7. The molecule has 0 rings (SSSR count). The first-order valence-corrected chi connectivity index (χ1v) is 9.82. The van der Waals surface area contributed by atoms with Crippen LogP contribution in [0.2, 0.25) is 0 Å². The highest BCUT2D eigenvalue weighted by Crippen LogP contribution is 2.17. The first-order valence-electron chi connectivity index (χ1n) is 7.88. The van der Waals surface area contributed by atoms with Gasteiger partial charge in [-0.3, -0.25) is 0 Å². The lowest BCUT2D eigenvalue weighted by molar-refractivity contribution is 0.00798. The molecule has 0 aromatic carbocycles. The molecule has 0 unspecified atom stereocenters. The molecule has 0 aromatic heterocycles. The molecule has 0 radical (unpaired) electrons. The number of hydrogen-bond donors (Lipinski definition) is 0. The van der Waals surface area contributed by atoms with Crippen LogP contribution >= 0.6 is 0 Å². The van der Waals surface area contributed by atoms with E-state index >= 15 is 0 Å². The van der Waals surface area contributed by atoms with E-state index in [-0.39, 0.29) is 5.41 Å². The maximum atomic E-state index is 5.97. The molecule has 0 N–H and O–H groups in total. The van der Waals surface area contributed by atoms with E-state index in [1.165, 1.54) is 0 Å². The third-order valence-corrected chi connectivity index (χ3v) is 4.88. The third-order valence-electron chi connectivity index (χ3n) is 2.39. The van der Waals surface area contributed by atoms with Gasteiger partial charge in [0.05, 0.1) is 6.61 Å².